The molecule has 1 fully saturated rings. The number of hydrogen-bond donors (Lipinski definition) is 2. The highest BCUT2D eigenvalue weighted by Crippen LogP contribution is 2.21. The number of halogens is 1. The Hall–Kier alpha value is -1.40. The topological polar surface area (TPSA) is 56.8 Å². The van der Waals surface area contributed by atoms with Crippen LogP contribution in [0.25, 0.3) is 11.4 Å². The molecule has 0 amide bonds. The molecule has 3 rings (SSSR count). The second-order valence-electron chi connectivity index (χ2n) is 4.80. The molecule has 1 saturated heterocycles. The van der Waals surface area contributed by atoms with Crippen molar-refractivity contribution in [3.63, 3.8) is 0 Å². The third-order valence-corrected chi connectivity index (χ3v) is 3.72. The Labute approximate surface area is 120 Å². The van der Waals surface area contributed by atoms with Crippen molar-refractivity contribution >= 4 is 21.9 Å². The zero-order valence-electron chi connectivity index (χ0n) is 10.7. The third-order valence-electron chi connectivity index (χ3n) is 3.22. The first-order valence-corrected chi connectivity index (χ1v) is 7.18. The quantitative estimate of drug-likeness (QED) is 0.888. The van der Waals surface area contributed by atoms with Crippen LogP contribution in [0, 0.1) is 0 Å². The lowest BCUT2D eigenvalue weighted by Gasteiger charge is -2.30. The summed E-state index contributed by atoms with van der Waals surface area (Å²) < 4.78 is 1.04. The molecule has 0 unspecified atom stereocenters. The van der Waals surface area contributed by atoms with Crippen molar-refractivity contribution in [3.05, 3.63) is 28.7 Å². The Kier molecular flexibility index (Phi) is 3.52. The largest absolute Gasteiger partial charge is 0.337 e. The molecule has 0 aliphatic carbocycles. The summed E-state index contributed by atoms with van der Waals surface area (Å²) in [6.07, 6.45) is 0. The Bertz CT molecular complexity index is 568. The van der Waals surface area contributed by atoms with E-state index in [0.717, 1.165) is 41.4 Å². The number of piperazine rings is 1. The van der Waals surface area contributed by atoms with Gasteiger partial charge in [-0.3, -0.25) is 5.10 Å². The van der Waals surface area contributed by atoms with Crippen LogP contribution in [0.3, 0.4) is 0 Å². The number of aromatic amines is 1. The zero-order valence-corrected chi connectivity index (χ0v) is 12.3. The Morgan fingerprint density at radius 1 is 1.42 bits per heavy atom. The summed E-state index contributed by atoms with van der Waals surface area (Å²) in [6.45, 7) is 5.03. The molecule has 1 aromatic carbocycles. The highest BCUT2D eigenvalue weighted by Gasteiger charge is 2.19. The van der Waals surface area contributed by atoms with Gasteiger partial charge < -0.3 is 10.2 Å². The van der Waals surface area contributed by atoms with Crippen LogP contribution in [-0.4, -0.2) is 40.9 Å². The zero-order chi connectivity index (χ0) is 13.2. The van der Waals surface area contributed by atoms with Gasteiger partial charge in [0.25, 0.3) is 0 Å². The number of H-pyrrole nitrogens is 1. The summed E-state index contributed by atoms with van der Waals surface area (Å²) in [5.74, 6) is 1.59. The molecule has 0 saturated carbocycles. The molecule has 0 spiro atoms. The van der Waals surface area contributed by atoms with Crippen molar-refractivity contribution in [2.24, 2.45) is 0 Å². The van der Waals surface area contributed by atoms with Gasteiger partial charge in [0, 0.05) is 35.7 Å². The van der Waals surface area contributed by atoms with E-state index < -0.39 is 0 Å². The number of benzene rings is 1. The minimum atomic E-state index is 0.474. The maximum absolute atomic E-state index is 4.59. The number of aromatic nitrogens is 3. The molecule has 1 atom stereocenters. The molecular weight excluding hydrogens is 306 g/mol. The van der Waals surface area contributed by atoms with Crippen molar-refractivity contribution < 1.29 is 0 Å². The Morgan fingerprint density at radius 3 is 3.11 bits per heavy atom. The summed E-state index contributed by atoms with van der Waals surface area (Å²) in [5, 5.41) is 10.8. The van der Waals surface area contributed by atoms with Gasteiger partial charge in [0.15, 0.2) is 5.82 Å². The average Bonchev–Trinajstić information content (AvgIpc) is 2.88. The van der Waals surface area contributed by atoms with Crippen LogP contribution in [0.4, 0.5) is 5.95 Å². The van der Waals surface area contributed by atoms with E-state index in [0.29, 0.717) is 6.04 Å². The molecule has 2 N–H and O–H groups in total. The summed E-state index contributed by atoms with van der Waals surface area (Å²) >= 11 is 3.47. The lowest BCUT2D eigenvalue weighted by molar-refractivity contribution is 0.480. The van der Waals surface area contributed by atoms with E-state index in [2.05, 4.69) is 48.3 Å². The Balaban J connectivity index is 1.83. The number of anilines is 1. The van der Waals surface area contributed by atoms with Crippen molar-refractivity contribution in [3.8, 4) is 11.4 Å². The first kappa shape index (κ1) is 12.6. The summed E-state index contributed by atoms with van der Waals surface area (Å²) in [7, 11) is 0. The van der Waals surface area contributed by atoms with Gasteiger partial charge in [-0.1, -0.05) is 28.1 Å². The predicted octanol–water partition coefficient (Wildman–Crippen LogP) is 2.03. The smallest absolute Gasteiger partial charge is 0.245 e. The molecular formula is C13H16BrN5. The molecule has 2 aromatic rings. The van der Waals surface area contributed by atoms with Crippen LogP contribution >= 0.6 is 15.9 Å². The fourth-order valence-corrected chi connectivity index (χ4v) is 2.67. The van der Waals surface area contributed by atoms with Crippen LogP contribution in [0.15, 0.2) is 28.7 Å². The molecule has 1 aromatic heterocycles. The SMILES string of the molecule is C[C@H]1CN(c2n[nH]c(-c3cccc(Br)c3)n2)CCN1. The first-order valence-electron chi connectivity index (χ1n) is 6.39. The van der Waals surface area contributed by atoms with Gasteiger partial charge in [-0.25, -0.2) is 0 Å². The molecule has 19 heavy (non-hydrogen) atoms. The predicted molar refractivity (Wildman–Crippen MR) is 79.2 cm³/mol. The van der Waals surface area contributed by atoms with E-state index in [4.69, 9.17) is 0 Å². The van der Waals surface area contributed by atoms with Crippen LogP contribution in [-0.2, 0) is 0 Å². The minimum Gasteiger partial charge on any atom is -0.337 e. The van der Waals surface area contributed by atoms with Gasteiger partial charge in [0.1, 0.15) is 0 Å². The third kappa shape index (κ3) is 2.79. The standard InChI is InChI=1S/C13H16BrN5/c1-9-8-19(6-5-15-9)13-16-12(17-18-13)10-3-2-4-11(14)7-10/h2-4,7,9,15H,5-6,8H2,1H3,(H,16,17,18)/t9-/m0/s1. The fourth-order valence-electron chi connectivity index (χ4n) is 2.27. The summed E-state index contributed by atoms with van der Waals surface area (Å²) in [4.78, 5) is 6.80. The van der Waals surface area contributed by atoms with Crippen LogP contribution in [0.5, 0.6) is 0 Å². The minimum absolute atomic E-state index is 0.474. The normalized spacial score (nSPS) is 19.7. The van der Waals surface area contributed by atoms with Crippen LogP contribution in [0.1, 0.15) is 6.92 Å². The maximum Gasteiger partial charge on any atom is 0.245 e. The van der Waals surface area contributed by atoms with Crippen molar-refractivity contribution in [1.82, 2.24) is 20.5 Å². The van der Waals surface area contributed by atoms with Crippen molar-refractivity contribution in [2.75, 3.05) is 24.5 Å². The fraction of sp³-hybridized carbons (Fsp3) is 0.385. The number of rotatable bonds is 2. The van der Waals surface area contributed by atoms with Crippen LogP contribution in [0.2, 0.25) is 0 Å². The van der Waals surface area contributed by atoms with E-state index >= 15 is 0 Å². The van der Waals surface area contributed by atoms with E-state index in [1.807, 2.05) is 24.3 Å². The maximum atomic E-state index is 4.59. The molecule has 5 nitrogen and oxygen atoms in total. The van der Waals surface area contributed by atoms with Crippen LogP contribution < -0.4 is 10.2 Å². The van der Waals surface area contributed by atoms with Gasteiger partial charge >= 0.3 is 0 Å². The molecule has 6 heteroatoms. The van der Waals surface area contributed by atoms with Crippen molar-refractivity contribution in [1.29, 1.82) is 0 Å². The van der Waals surface area contributed by atoms with Gasteiger partial charge in [-0.2, -0.15) is 4.98 Å². The lowest BCUT2D eigenvalue weighted by atomic mass is 10.2. The molecule has 0 bridgehead atoms. The highest BCUT2D eigenvalue weighted by atomic mass is 79.9. The molecule has 2 heterocycles. The van der Waals surface area contributed by atoms with E-state index in [1.165, 1.54) is 0 Å². The van der Waals surface area contributed by atoms with Gasteiger partial charge in [-0.05, 0) is 19.1 Å². The van der Waals surface area contributed by atoms with E-state index in [-0.39, 0.29) is 0 Å². The summed E-state index contributed by atoms with van der Waals surface area (Å²) in [5.41, 5.74) is 1.04. The van der Waals surface area contributed by atoms with E-state index in [9.17, 15) is 0 Å². The monoisotopic (exact) mass is 321 g/mol. The highest BCUT2D eigenvalue weighted by molar-refractivity contribution is 9.10. The Morgan fingerprint density at radius 2 is 2.32 bits per heavy atom. The van der Waals surface area contributed by atoms with E-state index in [1.54, 1.807) is 0 Å². The molecule has 100 valence electrons. The molecule has 1 aliphatic rings. The molecule has 1 aliphatic heterocycles. The number of hydrogen-bond acceptors (Lipinski definition) is 4. The average molecular weight is 322 g/mol. The lowest BCUT2D eigenvalue weighted by Crippen LogP contribution is -2.49. The number of nitrogens with zero attached hydrogens (tertiary/aromatic N) is 3. The second-order valence-corrected chi connectivity index (χ2v) is 5.71. The summed E-state index contributed by atoms with van der Waals surface area (Å²) in [6, 6.07) is 8.52. The van der Waals surface area contributed by atoms with Gasteiger partial charge in [0.2, 0.25) is 5.95 Å². The molecule has 0 radical (unpaired) electrons. The number of nitrogens with one attached hydrogen (secondary N) is 2. The van der Waals surface area contributed by atoms with Crippen molar-refractivity contribution in [2.45, 2.75) is 13.0 Å². The van der Waals surface area contributed by atoms with Gasteiger partial charge in [0.05, 0.1) is 0 Å². The first-order chi connectivity index (χ1) is 9.22. The van der Waals surface area contributed by atoms with Gasteiger partial charge in [-0.15, -0.1) is 5.10 Å². The second kappa shape index (κ2) is 5.30.